The Balaban J connectivity index is 2.06. The number of hydrogen-bond acceptors (Lipinski definition) is 4. The predicted octanol–water partition coefficient (Wildman–Crippen LogP) is 6.25. The van der Waals surface area contributed by atoms with Crippen molar-refractivity contribution in [3.8, 4) is 0 Å². The minimum Gasteiger partial charge on any atom is -0.460 e. The molecule has 0 amide bonds. The maximum atomic E-state index is 12.1. The molecule has 1 heterocycles. The van der Waals surface area contributed by atoms with Crippen LogP contribution in [0.2, 0.25) is 0 Å². The predicted molar refractivity (Wildman–Crippen MR) is 107 cm³/mol. The van der Waals surface area contributed by atoms with E-state index in [2.05, 4.69) is 6.92 Å². The van der Waals surface area contributed by atoms with E-state index < -0.39 is 5.54 Å². The molecule has 0 spiro atoms. The molecule has 4 heteroatoms. The van der Waals surface area contributed by atoms with Gasteiger partial charge in [0, 0.05) is 18.4 Å². The zero-order valence-corrected chi connectivity index (χ0v) is 18.0. The highest BCUT2D eigenvalue weighted by Crippen LogP contribution is 2.40. The summed E-state index contributed by atoms with van der Waals surface area (Å²) >= 11 is 0. The Labute approximate surface area is 161 Å². The second kappa shape index (κ2) is 11.3. The van der Waals surface area contributed by atoms with Crippen LogP contribution in [0.4, 0.5) is 0 Å². The first-order valence-electron chi connectivity index (χ1n) is 10.9. The number of nitrogens with zero attached hydrogens (tertiary/aromatic N) is 1. The molecule has 1 atom stereocenters. The van der Waals surface area contributed by atoms with Crippen molar-refractivity contribution < 1.29 is 14.7 Å². The second-order valence-electron chi connectivity index (χ2n) is 9.25. The molecule has 1 fully saturated rings. The molecule has 0 bridgehead atoms. The topological polar surface area (TPSA) is 49.8 Å². The lowest BCUT2D eigenvalue weighted by Gasteiger charge is -2.35. The summed E-state index contributed by atoms with van der Waals surface area (Å²) in [5, 5.41) is 11.6. The standard InChI is InChI=1S/C22H43NO3/c1-6-7-8-9-10-11-12-13-14-15-16-17-20(24)26-19-18-21(2,3)23(25)22(19,4)5/h19,25H,6-18H2,1-5H3. The zero-order chi connectivity index (χ0) is 19.6. The van der Waals surface area contributed by atoms with Crippen LogP contribution in [0.25, 0.3) is 0 Å². The summed E-state index contributed by atoms with van der Waals surface area (Å²) in [5.74, 6) is -0.120. The van der Waals surface area contributed by atoms with Gasteiger partial charge < -0.3 is 9.94 Å². The number of hydrogen-bond donors (Lipinski definition) is 1. The molecule has 0 aromatic heterocycles. The van der Waals surface area contributed by atoms with Crippen LogP contribution in [0.5, 0.6) is 0 Å². The van der Waals surface area contributed by atoms with E-state index in [-0.39, 0.29) is 17.6 Å². The molecule has 1 saturated heterocycles. The summed E-state index contributed by atoms with van der Waals surface area (Å²) in [5.41, 5.74) is -0.888. The normalized spacial score (nSPS) is 21.8. The maximum Gasteiger partial charge on any atom is 0.306 e. The number of rotatable bonds is 13. The lowest BCUT2D eigenvalue weighted by molar-refractivity contribution is -0.205. The summed E-state index contributed by atoms with van der Waals surface area (Å²) in [4.78, 5) is 12.1. The number of hydroxylamine groups is 2. The maximum absolute atomic E-state index is 12.1. The van der Waals surface area contributed by atoms with Crippen molar-refractivity contribution in [2.24, 2.45) is 0 Å². The Morgan fingerprint density at radius 3 is 1.81 bits per heavy atom. The van der Waals surface area contributed by atoms with Gasteiger partial charge in [0.25, 0.3) is 0 Å². The van der Waals surface area contributed by atoms with Gasteiger partial charge in [0.05, 0.1) is 5.54 Å². The average Bonchev–Trinajstić information content (AvgIpc) is 2.72. The molecule has 0 saturated carbocycles. The van der Waals surface area contributed by atoms with E-state index in [0.29, 0.717) is 12.8 Å². The molecule has 26 heavy (non-hydrogen) atoms. The van der Waals surface area contributed by atoms with Crippen molar-refractivity contribution in [2.45, 2.75) is 135 Å². The monoisotopic (exact) mass is 369 g/mol. The molecule has 1 N–H and O–H groups in total. The third-order valence-corrected chi connectivity index (χ3v) is 5.85. The number of carbonyl (C=O) groups is 1. The van der Waals surface area contributed by atoms with Crippen LogP contribution >= 0.6 is 0 Å². The number of ether oxygens (including phenoxy) is 1. The fraction of sp³-hybridized carbons (Fsp3) is 0.955. The first kappa shape index (κ1) is 23.4. The lowest BCUT2D eigenvalue weighted by atomic mass is 9.97. The van der Waals surface area contributed by atoms with Crippen molar-refractivity contribution in [3.05, 3.63) is 0 Å². The van der Waals surface area contributed by atoms with Gasteiger partial charge in [0.15, 0.2) is 0 Å². The molecular formula is C22H43NO3. The third-order valence-electron chi connectivity index (χ3n) is 5.85. The van der Waals surface area contributed by atoms with Gasteiger partial charge >= 0.3 is 5.97 Å². The second-order valence-corrected chi connectivity index (χ2v) is 9.25. The van der Waals surface area contributed by atoms with Crippen LogP contribution in [0, 0.1) is 0 Å². The van der Waals surface area contributed by atoms with E-state index >= 15 is 0 Å². The summed E-state index contributed by atoms with van der Waals surface area (Å²) in [6.45, 7) is 10.1. The van der Waals surface area contributed by atoms with E-state index in [9.17, 15) is 10.0 Å². The number of unbranched alkanes of at least 4 members (excludes halogenated alkanes) is 10. The molecule has 1 rings (SSSR count). The fourth-order valence-electron chi connectivity index (χ4n) is 4.04. The van der Waals surface area contributed by atoms with Gasteiger partial charge in [-0.25, -0.2) is 0 Å². The Morgan fingerprint density at radius 2 is 1.38 bits per heavy atom. The molecule has 4 nitrogen and oxygen atoms in total. The van der Waals surface area contributed by atoms with Crippen molar-refractivity contribution in [2.75, 3.05) is 0 Å². The van der Waals surface area contributed by atoms with Crippen LogP contribution < -0.4 is 0 Å². The Bertz CT molecular complexity index is 406. The van der Waals surface area contributed by atoms with Crippen molar-refractivity contribution >= 4 is 5.97 Å². The highest BCUT2D eigenvalue weighted by Gasteiger charge is 2.53. The summed E-state index contributed by atoms with van der Waals surface area (Å²) in [6, 6.07) is 0. The molecule has 1 aliphatic rings. The van der Waals surface area contributed by atoms with E-state index in [4.69, 9.17) is 4.74 Å². The van der Waals surface area contributed by atoms with Crippen molar-refractivity contribution in [3.63, 3.8) is 0 Å². The van der Waals surface area contributed by atoms with Gasteiger partial charge in [-0.15, -0.1) is 0 Å². The van der Waals surface area contributed by atoms with Crippen LogP contribution in [-0.2, 0) is 9.53 Å². The van der Waals surface area contributed by atoms with Gasteiger partial charge in [-0.05, 0) is 34.1 Å². The molecule has 0 aromatic carbocycles. The first-order chi connectivity index (χ1) is 12.2. The molecule has 1 unspecified atom stereocenters. The van der Waals surface area contributed by atoms with Gasteiger partial charge in [-0.2, -0.15) is 5.06 Å². The Hall–Kier alpha value is -0.610. The van der Waals surface area contributed by atoms with Gasteiger partial charge in [-0.1, -0.05) is 71.1 Å². The molecule has 0 aromatic rings. The molecular weight excluding hydrogens is 326 g/mol. The van der Waals surface area contributed by atoms with Gasteiger partial charge in [-0.3, -0.25) is 4.79 Å². The summed E-state index contributed by atoms with van der Waals surface area (Å²) < 4.78 is 5.68. The Kier molecular flexibility index (Phi) is 10.2. The highest BCUT2D eigenvalue weighted by molar-refractivity contribution is 5.69. The quantitative estimate of drug-likeness (QED) is 0.308. The minimum absolute atomic E-state index is 0.120. The van der Waals surface area contributed by atoms with E-state index in [1.807, 2.05) is 27.7 Å². The zero-order valence-electron chi connectivity index (χ0n) is 18.0. The highest BCUT2D eigenvalue weighted by atomic mass is 16.6. The largest absolute Gasteiger partial charge is 0.460 e. The van der Waals surface area contributed by atoms with Crippen molar-refractivity contribution in [1.82, 2.24) is 5.06 Å². The van der Waals surface area contributed by atoms with Crippen LogP contribution in [-0.4, -0.2) is 33.4 Å². The lowest BCUT2D eigenvalue weighted by Crippen LogP contribution is -2.49. The van der Waals surface area contributed by atoms with Crippen LogP contribution in [0.3, 0.4) is 0 Å². The van der Waals surface area contributed by atoms with Crippen LogP contribution in [0.15, 0.2) is 0 Å². The van der Waals surface area contributed by atoms with E-state index in [1.165, 1.54) is 62.9 Å². The minimum atomic E-state index is -0.531. The third kappa shape index (κ3) is 7.56. The molecule has 0 aliphatic carbocycles. The summed E-state index contributed by atoms with van der Waals surface area (Å²) in [7, 11) is 0. The van der Waals surface area contributed by atoms with Gasteiger partial charge in [0.1, 0.15) is 6.10 Å². The molecule has 1 aliphatic heterocycles. The first-order valence-corrected chi connectivity index (χ1v) is 10.9. The fourth-order valence-corrected chi connectivity index (χ4v) is 4.04. The average molecular weight is 370 g/mol. The molecule has 0 radical (unpaired) electrons. The SMILES string of the molecule is CCCCCCCCCCCCCC(=O)OC1CC(C)(C)N(O)C1(C)C. The summed E-state index contributed by atoms with van der Waals surface area (Å²) in [6.07, 6.45) is 15.0. The Morgan fingerprint density at radius 1 is 0.923 bits per heavy atom. The van der Waals surface area contributed by atoms with E-state index in [1.54, 1.807) is 0 Å². The van der Waals surface area contributed by atoms with Crippen LogP contribution in [0.1, 0.15) is 118 Å². The van der Waals surface area contributed by atoms with E-state index in [0.717, 1.165) is 12.8 Å². The number of esters is 1. The molecule has 154 valence electrons. The van der Waals surface area contributed by atoms with Crippen molar-refractivity contribution in [1.29, 1.82) is 0 Å². The smallest absolute Gasteiger partial charge is 0.306 e. The van der Waals surface area contributed by atoms with Gasteiger partial charge in [0.2, 0.25) is 0 Å². The number of carbonyl (C=O) groups excluding carboxylic acids is 1.